The molecule has 0 saturated carbocycles. The first-order chi connectivity index (χ1) is 7.33. The number of hydrogen-bond acceptors (Lipinski definition) is 4. The van der Waals surface area contributed by atoms with E-state index in [-0.39, 0.29) is 18.5 Å². The third-order valence-electron chi connectivity index (χ3n) is 2.30. The summed E-state index contributed by atoms with van der Waals surface area (Å²) in [6.07, 6.45) is 0.0645. The van der Waals surface area contributed by atoms with Crippen molar-refractivity contribution in [3.05, 3.63) is 18.2 Å². The highest BCUT2D eigenvalue weighted by Gasteiger charge is 2.20. The zero-order valence-corrected chi connectivity index (χ0v) is 10.2. The van der Waals surface area contributed by atoms with Crippen LogP contribution in [0.4, 0.5) is 0 Å². The highest BCUT2D eigenvalue weighted by Crippen LogP contribution is 2.34. The number of methoxy groups -OCH3 is 1. The lowest BCUT2D eigenvalue weighted by molar-refractivity contribution is 0.0915. The first-order valence-electron chi connectivity index (χ1n) is 4.95. The zero-order chi connectivity index (χ0) is 10.7. The number of halogens is 1. The lowest BCUT2D eigenvalue weighted by atomic mass is 10.2. The quantitative estimate of drug-likeness (QED) is 0.876. The van der Waals surface area contributed by atoms with Gasteiger partial charge in [0.1, 0.15) is 18.5 Å². The van der Waals surface area contributed by atoms with Gasteiger partial charge in [-0.2, -0.15) is 0 Å². The van der Waals surface area contributed by atoms with Gasteiger partial charge in [0.2, 0.25) is 0 Å². The Morgan fingerprint density at radius 1 is 1.44 bits per heavy atom. The van der Waals surface area contributed by atoms with Crippen LogP contribution in [0.15, 0.2) is 18.2 Å². The molecule has 0 radical (unpaired) electrons. The van der Waals surface area contributed by atoms with Gasteiger partial charge in [-0.1, -0.05) is 0 Å². The van der Waals surface area contributed by atoms with Gasteiger partial charge in [0.05, 0.1) is 7.11 Å². The summed E-state index contributed by atoms with van der Waals surface area (Å²) in [5.41, 5.74) is 0. The third kappa shape index (κ3) is 2.71. The zero-order valence-electron chi connectivity index (χ0n) is 9.36. The molecule has 1 aliphatic heterocycles. The van der Waals surface area contributed by atoms with Crippen molar-refractivity contribution in [1.82, 2.24) is 5.32 Å². The number of nitrogens with one attached hydrogen (secondary N) is 1. The van der Waals surface area contributed by atoms with Crippen LogP contribution in [0, 0.1) is 0 Å². The summed E-state index contributed by atoms with van der Waals surface area (Å²) in [6, 6.07) is 5.57. The van der Waals surface area contributed by atoms with Gasteiger partial charge in [-0.3, -0.25) is 0 Å². The molecule has 1 heterocycles. The Labute approximate surface area is 101 Å². The van der Waals surface area contributed by atoms with Gasteiger partial charge >= 0.3 is 0 Å². The van der Waals surface area contributed by atoms with E-state index in [4.69, 9.17) is 14.2 Å². The Morgan fingerprint density at radius 3 is 2.94 bits per heavy atom. The molecule has 1 N–H and O–H groups in total. The Kier molecular flexibility index (Phi) is 4.71. The molecule has 0 bridgehead atoms. The fraction of sp³-hybridized carbons (Fsp3) is 0.455. The normalized spacial score (nSPS) is 17.5. The van der Waals surface area contributed by atoms with Crippen LogP contribution in [0.5, 0.6) is 17.2 Å². The maximum atomic E-state index is 5.75. The molecule has 0 aromatic heterocycles. The first kappa shape index (κ1) is 12.9. The second-order valence-electron chi connectivity index (χ2n) is 3.42. The Balaban J connectivity index is 0.00000128. The van der Waals surface area contributed by atoms with Crippen LogP contribution in [-0.2, 0) is 0 Å². The first-order valence-corrected chi connectivity index (χ1v) is 4.95. The van der Waals surface area contributed by atoms with Gasteiger partial charge in [-0.05, 0) is 19.2 Å². The van der Waals surface area contributed by atoms with Crippen molar-refractivity contribution in [2.45, 2.75) is 6.10 Å². The fourth-order valence-electron chi connectivity index (χ4n) is 1.55. The molecular weight excluding hydrogens is 230 g/mol. The number of ether oxygens (including phenoxy) is 3. The maximum absolute atomic E-state index is 5.75. The van der Waals surface area contributed by atoms with Crippen LogP contribution < -0.4 is 19.5 Å². The molecule has 1 aromatic carbocycles. The van der Waals surface area contributed by atoms with E-state index in [0.29, 0.717) is 6.61 Å². The van der Waals surface area contributed by atoms with E-state index >= 15 is 0 Å². The Morgan fingerprint density at radius 2 is 2.25 bits per heavy atom. The summed E-state index contributed by atoms with van der Waals surface area (Å²) in [5, 5.41) is 3.06. The molecule has 0 aliphatic carbocycles. The summed E-state index contributed by atoms with van der Waals surface area (Å²) in [6.45, 7) is 1.36. The van der Waals surface area contributed by atoms with Gasteiger partial charge in [0.25, 0.3) is 0 Å². The van der Waals surface area contributed by atoms with E-state index in [2.05, 4.69) is 5.32 Å². The lowest BCUT2D eigenvalue weighted by Gasteiger charge is -2.26. The molecule has 0 fully saturated rings. The highest BCUT2D eigenvalue weighted by molar-refractivity contribution is 5.85. The van der Waals surface area contributed by atoms with Crippen molar-refractivity contribution in [1.29, 1.82) is 0 Å². The largest absolute Gasteiger partial charge is 0.497 e. The Bertz CT molecular complexity index is 346. The fourth-order valence-corrected chi connectivity index (χ4v) is 1.55. The van der Waals surface area contributed by atoms with E-state index in [1.165, 1.54) is 0 Å². The molecule has 90 valence electrons. The average molecular weight is 246 g/mol. The second-order valence-corrected chi connectivity index (χ2v) is 3.42. The summed E-state index contributed by atoms with van der Waals surface area (Å²) < 4.78 is 16.4. The molecule has 0 amide bonds. The SMILES string of the molecule is CNCC1COc2ccc(OC)cc2O1.Cl. The van der Waals surface area contributed by atoms with E-state index in [0.717, 1.165) is 23.8 Å². The van der Waals surface area contributed by atoms with Gasteiger partial charge in [0, 0.05) is 12.6 Å². The minimum absolute atomic E-state index is 0. The lowest BCUT2D eigenvalue weighted by Crippen LogP contribution is -2.37. The predicted molar refractivity (Wildman–Crippen MR) is 64.1 cm³/mol. The van der Waals surface area contributed by atoms with Gasteiger partial charge < -0.3 is 19.5 Å². The van der Waals surface area contributed by atoms with Crippen molar-refractivity contribution in [3.63, 3.8) is 0 Å². The molecular formula is C11H16ClNO3. The van der Waals surface area contributed by atoms with Crippen LogP contribution in [0.2, 0.25) is 0 Å². The molecule has 0 saturated heterocycles. The van der Waals surface area contributed by atoms with E-state index in [9.17, 15) is 0 Å². The highest BCUT2D eigenvalue weighted by atomic mass is 35.5. The molecule has 0 spiro atoms. The minimum atomic E-state index is 0. The summed E-state index contributed by atoms with van der Waals surface area (Å²) in [4.78, 5) is 0. The van der Waals surface area contributed by atoms with Crippen LogP contribution in [0.25, 0.3) is 0 Å². The van der Waals surface area contributed by atoms with Gasteiger partial charge in [-0.25, -0.2) is 0 Å². The van der Waals surface area contributed by atoms with Gasteiger partial charge in [0.15, 0.2) is 11.5 Å². The predicted octanol–water partition coefficient (Wildman–Crippen LogP) is 1.48. The third-order valence-corrected chi connectivity index (χ3v) is 2.30. The molecule has 1 aromatic rings. The number of likely N-dealkylation sites (N-methyl/N-ethyl adjacent to an activating group) is 1. The molecule has 1 unspecified atom stereocenters. The topological polar surface area (TPSA) is 39.7 Å². The average Bonchev–Trinajstić information content (AvgIpc) is 2.28. The van der Waals surface area contributed by atoms with Crippen molar-refractivity contribution < 1.29 is 14.2 Å². The van der Waals surface area contributed by atoms with Crippen molar-refractivity contribution >= 4 is 12.4 Å². The number of rotatable bonds is 3. The van der Waals surface area contributed by atoms with Crippen molar-refractivity contribution in [2.75, 3.05) is 27.3 Å². The minimum Gasteiger partial charge on any atom is -0.497 e. The van der Waals surface area contributed by atoms with E-state index in [1.54, 1.807) is 7.11 Å². The second kappa shape index (κ2) is 5.82. The molecule has 5 heteroatoms. The maximum Gasteiger partial charge on any atom is 0.165 e. The Hall–Kier alpha value is -1.13. The number of hydrogen-bond donors (Lipinski definition) is 1. The van der Waals surface area contributed by atoms with Crippen LogP contribution >= 0.6 is 12.4 Å². The van der Waals surface area contributed by atoms with Gasteiger partial charge in [-0.15, -0.1) is 12.4 Å². The summed E-state index contributed by atoms with van der Waals surface area (Å²) >= 11 is 0. The standard InChI is InChI=1S/C11H15NO3.ClH/c1-12-6-9-7-14-10-4-3-8(13-2)5-11(10)15-9;/h3-5,9,12H,6-7H2,1-2H3;1H. The van der Waals surface area contributed by atoms with Crippen LogP contribution in [-0.4, -0.2) is 33.4 Å². The molecule has 1 aliphatic rings. The van der Waals surface area contributed by atoms with Crippen molar-refractivity contribution in [2.24, 2.45) is 0 Å². The molecule has 16 heavy (non-hydrogen) atoms. The molecule has 1 atom stereocenters. The summed E-state index contributed by atoms with van der Waals surface area (Å²) in [7, 11) is 3.53. The molecule has 2 rings (SSSR count). The number of benzene rings is 1. The number of fused-ring (bicyclic) bond motifs is 1. The smallest absolute Gasteiger partial charge is 0.165 e. The van der Waals surface area contributed by atoms with E-state index < -0.39 is 0 Å². The van der Waals surface area contributed by atoms with Crippen LogP contribution in [0.3, 0.4) is 0 Å². The summed E-state index contributed by atoms with van der Waals surface area (Å²) in [5.74, 6) is 2.31. The monoisotopic (exact) mass is 245 g/mol. The van der Waals surface area contributed by atoms with Crippen molar-refractivity contribution in [3.8, 4) is 17.2 Å². The molecule has 4 nitrogen and oxygen atoms in total. The van der Waals surface area contributed by atoms with E-state index in [1.807, 2.05) is 25.2 Å². The van der Waals surface area contributed by atoms with Crippen LogP contribution in [0.1, 0.15) is 0 Å².